The fourth-order valence-corrected chi connectivity index (χ4v) is 3.67. The zero-order valence-corrected chi connectivity index (χ0v) is 17.0. The van der Waals surface area contributed by atoms with E-state index in [2.05, 4.69) is 4.90 Å². The molecule has 1 aliphatic rings. The minimum Gasteiger partial charge on any atom is -0.496 e. The number of allylic oxidation sites excluding steroid dienone is 1. The Hall–Kier alpha value is -2.59. The molecule has 148 valence electrons. The van der Waals surface area contributed by atoms with Crippen LogP contribution in [-0.4, -0.2) is 44.0 Å². The summed E-state index contributed by atoms with van der Waals surface area (Å²) < 4.78 is 11.4. The van der Waals surface area contributed by atoms with Gasteiger partial charge in [-0.05, 0) is 81.3 Å². The van der Waals surface area contributed by atoms with Gasteiger partial charge in [-0.15, -0.1) is 0 Å². The van der Waals surface area contributed by atoms with Crippen molar-refractivity contribution in [3.05, 3.63) is 64.7 Å². The van der Waals surface area contributed by atoms with Gasteiger partial charge in [0.2, 0.25) is 0 Å². The number of likely N-dealkylation sites (tertiary alicyclic amines) is 1. The molecule has 1 fully saturated rings. The van der Waals surface area contributed by atoms with Crippen LogP contribution in [0.25, 0.3) is 6.08 Å². The summed E-state index contributed by atoms with van der Waals surface area (Å²) in [6, 6.07) is 11.5. The number of benzene rings is 2. The lowest BCUT2D eigenvalue weighted by Gasteiger charge is -2.17. The number of aryl methyl sites for hydroxylation is 2. The minimum atomic E-state index is -0.0271. The monoisotopic (exact) mass is 379 g/mol. The molecule has 0 bridgehead atoms. The Kier molecular flexibility index (Phi) is 6.88. The number of para-hydroxylation sites is 1. The van der Waals surface area contributed by atoms with E-state index >= 15 is 0 Å². The summed E-state index contributed by atoms with van der Waals surface area (Å²) in [5.41, 5.74) is 3.55. The molecule has 0 aliphatic carbocycles. The summed E-state index contributed by atoms with van der Waals surface area (Å²) in [5, 5.41) is 0. The van der Waals surface area contributed by atoms with Crippen molar-refractivity contribution in [2.75, 3.05) is 33.4 Å². The zero-order valence-electron chi connectivity index (χ0n) is 17.0. The van der Waals surface area contributed by atoms with Crippen LogP contribution in [0.15, 0.2) is 42.5 Å². The van der Waals surface area contributed by atoms with Gasteiger partial charge in [-0.2, -0.15) is 0 Å². The number of methoxy groups -OCH3 is 1. The van der Waals surface area contributed by atoms with Gasteiger partial charge in [-0.25, -0.2) is 0 Å². The van der Waals surface area contributed by atoms with Crippen LogP contribution in [0.3, 0.4) is 0 Å². The number of rotatable bonds is 8. The molecule has 0 unspecified atom stereocenters. The van der Waals surface area contributed by atoms with Crippen molar-refractivity contribution in [3.63, 3.8) is 0 Å². The first-order chi connectivity index (χ1) is 13.6. The molecule has 1 heterocycles. The quantitative estimate of drug-likeness (QED) is 0.493. The fourth-order valence-electron chi connectivity index (χ4n) is 3.67. The molecule has 1 saturated heterocycles. The summed E-state index contributed by atoms with van der Waals surface area (Å²) in [7, 11) is 1.63. The van der Waals surface area contributed by atoms with E-state index < -0.39 is 0 Å². The summed E-state index contributed by atoms with van der Waals surface area (Å²) in [6.45, 7) is 7.99. The molecule has 0 N–H and O–H groups in total. The second-order valence-corrected chi connectivity index (χ2v) is 7.28. The normalized spacial score (nSPS) is 14.5. The van der Waals surface area contributed by atoms with Crippen molar-refractivity contribution in [2.45, 2.75) is 26.7 Å². The van der Waals surface area contributed by atoms with Gasteiger partial charge in [0.15, 0.2) is 5.78 Å². The van der Waals surface area contributed by atoms with Crippen LogP contribution in [0, 0.1) is 13.8 Å². The van der Waals surface area contributed by atoms with Gasteiger partial charge in [0.05, 0.1) is 7.11 Å². The van der Waals surface area contributed by atoms with Crippen molar-refractivity contribution in [2.24, 2.45) is 0 Å². The average Bonchev–Trinajstić information content (AvgIpc) is 3.21. The Balaban J connectivity index is 1.66. The molecule has 2 aromatic carbocycles. The Morgan fingerprint density at radius 1 is 1.11 bits per heavy atom. The Morgan fingerprint density at radius 2 is 1.79 bits per heavy atom. The number of hydrogen-bond acceptors (Lipinski definition) is 4. The molecule has 0 spiro atoms. The maximum Gasteiger partial charge on any atom is 0.185 e. The smallest absolute Gasteiger partial charge is 0.185 e. The van der Waals surface area contributed by atoms with E-state index in [0.717, 1.165) is 34.7 Å². The third-order valence-electron chi connectivity index (χ3n) is 5.15. The summed E-state index contributed by atoms with van der Waals surface area (Å²) in [4.78, 5) is 15.1. The van der Waals surface area contributed by atoms with Crippen LogP contribution in [0.5, 0.6) is 11.5 Å². The minimum absolute atomic E-state index is 0.0271. The van der Waals surface area contributed by atoms with E-state index in [1.807, 2.05) is 50.2 Å². The lowest BCUT2D eigenvalue weighted by Crippen LogP contribution is -2.25. The molecular weight excluding hydrogens is 350 g/mol. The molecule has 0 aromatic heterocycles. The predicted molar refractivity (Wildman–Crippen MR) is 113 cm³/mol. The molecule has 4 nitrogen and oxygen atoms in total. The third-order valence-corrected chi connectivity index (χ3v) is 5.15. The highest BCUT2D eigenvalue weighted by molar-refractivity contribution is 6.07. The first-order valence-corrected chi connectivity index (χ1v) is 9.90. The summed E-state index contributed by atoms with van der Waals surface area (Å²) in [6.07, 6.45) is 5.97. The van der Waals surface area contributed by atoms with Crippen LogP contribution in [0.4, 0.5) is 0 Å². The number of hydrogen-bond donors (Lipinski definition) is 0. The van der Waals surface area contributed by atoms with E-state index in [-0.39, 0.29) is 5.78 Å². The van der Waals surface area contributed by atoms with Gasteiger partial charge in [0, 0.05) is 17.7 Å². The average molecular weight is 380 g/mol. The first-order valence-electron chi connectivity index (χ1n) is 9.90. The van der Waals surface area contributed by atoms with E-state index in [1.54, 1.807) is 19.3 Å². The Morgan fingerprint density at radius 3 is 2.46 bits per heavy atom. The second-order valence-electron chi connectivity index (χ2n) is 7.28. The molecular formula is C24H29NO3. The first kappa shape index (κ1) is 20.2. The number of carbonyl (C=O) groups is 1. The van der Waals surface area contributed by atoms with Crippen LogP contribution >= 0.6 is 0 Å². The van der Waals surface area contributed by atoms with Crippen molar-refractivity contribution in [1.82, 2.24) is 4.90 Å². The van der Waals surface area contributed by atoms with E-state index in [1.165, 1.54) is 25.9 Å². The molecule has 2 aromatic rings. The molecule has 0 radical (unpaired) electrons. The molecule has 28 heavy (non-hydrogen) atoms. The van der Waals surface area contributed by atoms with Crippen molar-refractivity contribution in [1.29, 1.82) is 0 Å². The van der Waals surface area contributed by atoms with Gasteiger partial charge in [0.1, 0.15) is 18.1 Å². The van der Waals surface area contributed by atoms with Gasteiger partial charge in [-0.1, -0.05) is 18.2 Å². The van der Waals surface area contributed by atoms with Crippen molar-refractivity contribution in [3.8, 4) is 11.5 Å². The number of ketones is 1. The highest BCUT2D eigenvalue weighted by Crippen LogP contribution is 2.26. The largest absolute Gasteiger partial charge is 0.496 e. The van der Waals surface area contributed by atoms with Gasteiger partial charge in [-0.3, -0.25) is 9.69 Å². The molecule has 3 rings (SSSR count). The Bertz CT molecular complexity index is 828. The van der Waals surface area contributed by atoms with Gasteiger partial charge >= 0.3 is 0 Å². The number of nitrogens with zero attached hydrogens (tertiary/aromatic N) is 1. The highest BCUT2D eigenvalue weighted by atomic mass is 16.5. The van der Waals surface area contributed by atoms with Crippen LogP contribution < -0.4 is 9.47 Å². The van der Waals surface area contributed by atoms with E-state index in [0.29, 0.717) is 12.2 Å². The molecule has 0 amide bonds. The molecule has 0 atom stereocenters. The van der Waals surface area contributed by atoms with Crippen molar-refractivity contribution < 1.29 is 14.3 Å². The maximum atomic E-state index is 12.6. The Labute approximate surface area is 167 Å². The van der Waals surface area contributed by atoms with Crippen molar-refractivity contribution >= 4 is 11.9 Å². The second kappa shape index (κ2) is 9.56. The summed E-state index contributed by atoms with van der Waals surface area (Å²) in [5.74, 6) is 1.62. The topological polar surface area (TPSA) is 38.8 Å². The third kappa shape index (κ3) is 5.02. The molecule has 1 aliphatic heterocycles. The summed E-state index contributed by atoms with van der Waals surface area (Å²) >= 11 is 0. The van der Waals surface area contributed by atoms with Crippen LogP contribution in [0.1, 0.15) is 39.9 Å². The molecule has 4 heteroatoms. The lowest BCUT2D eigenvalue weighted by atomic mass is 10.0. The fraction of sp³-hybridized carbons (Fsp3) is 0.375. The zero-order chi connectivity index (χ0) is 19.9. The lowest BCUT2D eigenvalue weighted by molar-refractivity contribution is 0.104. The number of carbonyl (C=O) groups excluding carboxylic acids is 1. The number of ether oxygens (including phenoxy) is 2. The highest BCUT2D eigenvalue weighted by Gasteiger charge is 2.13. The van der Waals surface area contributed by atoms with Crippen LogP contribution in [-0.2, 0) is 0 Å². The van der Waals surface area contributed by atoms with Gasteiger partial charge < -0.3 is 9.47 Å². The van der Waals surface area contributed by atoms with E-state index in [9.17, 15) is 4.79 Å². The predicted octanol–water partition coefficient (Wildman–Crippen LogP) is 4.68. The standard InChI is InChI=1S/C24H29NO3/c1-18-16-21(22(26)11-10-20-8-4-5-9-23(20)27-3)17-19(2)24(18)28-15-14-25-12-6-7-13-25/h4-5,8-11,16-17H,6-7,12-15H2,1-3H3. The van der Waals surface area contributed by atoms with E-state index in [4.69, 9.17) is 9.47 Å². The van der Waals surface area contributed by atoms with Gasteiger partial charge in [0.25, 0.3) is 0 Å². The van der Waals surface area contributed by atoms with Crippen LogP contribution in [0.2, 0.25) is 0 Å². The molecule has 0 saturated carbocycles. The maximum absolute atomic E-state index is 12.6. The SMILES string of the molecule is COc1ccccc1C=CC(=O)c1cc(C)c(OCCN2CCCC2)c(C)c1.